The molecule has 2 N–H and O–H groups in total. The fraction of sp³-hybridized carbons (Fsp3) is 0.276. The van der Waals surface area contributed by atoms with Crippen LogP contribution in [-0.4, -0.2) is 71.0 Å². The second kappa shape index (κ2) is 11.1. The van der Waals surface area contributed by atoms with E-state index in [0.717, 1.165) is 49.7 Å². The molecule has 10 heteroatoms. The average Bonchev–Trinajstić information content (AvgIpc) is 3.65. The first-order valence-electron chi connectivity index (χ1n) is 13.0. The van der Waals surface area contributed by atoms with Crippen molar-refractivity contribution in [1.29, 1.82) is 0 Å². The Morgan fingerprint density at radius 1 is 0.923 bits per heavy atom. The molecule has 3 aromatic heterocycles. The minimum absolute atomic E-state index is 0.281. The molecule has 1 saturated heterocycles. The van der Waals surface area contributed by atoms with Gasteiger partial charge in [-0.3, -0.25) is 4.90 Å². The molecular formula is C29H31N7O3. The summed E-state index contributed by atoms with van der Waals surface area (Å²) in [6.45, 7) is 6.05. The third kappa shape index (κ3) is 5.57. The van der Waals surface area contributed by atoms with Crippen LogP contribution in [-0.2, 0) is 11.3 Å². The lowest BCUT2D eigenvalue weighted by Gasteiger charge is -2.36. The fourth-order valence-corrected chi connectivity index (χ4v) is 4.77. The summed E-state index contributed by atoms with van der Waals surface area (Å²) in [6.07, 6.45) is 1.59. The molecule has 2 aromatic carbocycles. The van der Waals surface area contributed by atoms with Crippen LogP contribution in [0, 0.1) is 0 Å². The molecule has 0 bridgehead atoms. The Morgan fingerprint density at radius 2 is 1.72 bits per heavy atom. The molecule has 1 aliphatic rings. The zero-order chi connectivity index (χ0) is 26.6. The van der Waals surface area contributed by atoms with E-state index in [9.17, 15) is 0 Å². The average molecular weight is 526 g/mol. The highest BCUT2D eigenvalue weighted by Gasteiger charge is 2.18. The van der Waals surface area contributed by atoms with Gasteiger partial charge in [-0.2, -0.15) is 4.52 Å². The first-order valence-corrected chi connectivity index (χ1v) is 13.0. The summed E-state index contributed by atoms with van der Waals surface area (Å²) in [5.74, 6) is 2.22. The quantitative estimate of drug-likeness (QED) is 0.286. The molecule has 0 spiro atoms. The van der Waals surface area contributed by atoms with Gasteiger partial charge in [0.1, 0.15) is 12.4 Å². The van der Waals surface area contributed by atoms with Gasteiger partial charge in [0.15, 0.2) is 11.4 Å². The van der Waals surface area contributed by atoms with Gasteiger partial charge in [-0.25, -0.2) is 9.97 Å². The van der Waals surface area contributed by atoms with Gasteiger partial charge >= 0.3 is 0 Å². The predicted molar refractivity (Wildman–Crippen MR) is 150 cm³/mol. The van der Waals surface area contributed by atoms with Gasteiger partial charge < -0.3 is 24.5 Å². The van der Waals surface area contributed by atoms with Gasteiger partial charge in [0.25, 0.3) is 0 Å². The van der Waals surface area contributed by atoms with Crippen LogP contribution >= 0.6 is 0 Å². The standard InChI is InChI=1S/C29H31N7O3/c1-37-17-18-38-24-10-8-23(9-11-24)35-14-12-34(13-15-35)20-21-4-6-22(7-5-21)25-19-27-32-28(26-3-2-16-39-26)33-36(27)29(30)31-25/h2-11,16,19H,12-15,17-18,20H2,1H3,(H2,30,31). The molecule has 10 nitrogen and oxygen atoms in total. The monoisotopic (exact) mass is 525 g/mol. The summed E-state index contributed by atoms with van der Waals surface area (Å²) in [7, 11) is 1.68. The van der Waals surface area contributed by atoms with Crippen molar-refractivity contribution < 1.29 is 13.9 Å². The van der Waals surface area contributed by atoms with E-state index in [4.69, 9.17) is 19.6 Å². The number of methoxy groups -OCH3 is 1. The van der Waals surface area contributed by atoms with E-state index in [1.54, 1.807) is 19.4 Å². The van der Waals surface area contributed by atoms with E-state index in [-0.39, 0.29) is 5.95 Å². The van der Waals surface area contributed by atoms with Gasteiger partial charge in [-0.1, -0.05) is 24.3 Å². The Morgan fingerprint density at radius 3 is 2.44 bits per heavy atom. The summed E-state index contributed by atoms with van der Waals surface area (Å²) < 4.78 is 17.7. The molecule has 0 atom stereocenters. The van der Waals surface area contributed by atoms with Gasteiger partial charge in [-0.05, 0) is 42.0 Å². The van der Waals surface area contributed by atoms with Gasteiger partial charge in [-0.15, -0.1) is 5.10 Å². The van der Waals surface area contributed by atoms with Crippen LogP contribution in [0.5, 0.6) is 5.75 Å². The van der Waals surface area contributed by atoms with Crippen molar-refractivity contribution in [2.24, 2.45) is 0 Å². The number of rotatable bonds is 9. The molecule has 0 radical (unpaired) electrons. The molecule has 0 saturated carbocycles. The zero-order valence-electron chi connectivity index (χ0n) is 21.9. The number of nitrogens with zero attached hydrogens (tertiary/aromatic N) is 6. The van der Waals surface area contributed by atoms with Crippen LogP contribution in [0.3, 0.4) is 0 Å². The van der Waals surface area contributed by atoms with Gasteiger partial charge in [0.2, 0.25) is 11.8 Å². The maximum absolute atomic E-state index is 6.20. The number of furan rings is 1. The van der Waals surface area contributed by atoms with Crippen LogP contribution < -0.4 is 15.4 Å². The van der Waals surface area contributed by atoms with Crippen molar-refractivity contribution in [2.45, 2.75) is 6.54 Å². The normalized spacial score (nSPS) is 14.2. The second-order valence-electron chi connectivity index (χ2n) is 9.48. The molecule has 0 aliphatic carbocycles. The van der Waals surface area contributed by atoms with E-state index < -0.39 is 0 Å². The number of nitrogens with two attached hydrogens (primary N) is 1. The summed E-state index contributed by atoms with van der Waals surface area (Å²) in [6, 6.07) is 22.3. The minimum Gasteiger partial charge on any atom is -0.491 e. The molecule has 0 amide bonds. The fourth-order valence-electron chi connectivity index (χ4n) is 4.77. The SMILES string of the molecule is COCCOc1ccc(N2CCN(Cc3ccc(-c4cc5nc(-c6ccco6)nn5c(N)n4)cc3)CC2)cc1. The summed E-state index contributed by atoms with van der Waals surface area (Å²) in [5.41, 5.74) is 11.1. The van der Waals surface area contributed by atoms with Crippen molar-refractivity contribution in [3.63, 3.8) is 0 Å². The second-order valence-corrected chi connectivity index (χ2v) is 9.48. The molecule has 0 unspecified atom stereocenters. The predicted octanol–water partition coefficient (Wildman–Crippen LogP) is 3.98. The number of aromatic nitrogens is 4. The lowest BCUT2D eigenvalue weighted by molar-refractivity contribution is 0.146. The van der Waals surface area contributed by atoms with Crippen molar-refractivity contribution >= 4 is 17.3 Å². The first kappa shape index (κ1) is 24.9. The molecule has 4 heterocycles. The van der Waals surface area contributed by atoms with E-state index in [1.165, 1.54) is 15.8 Å². The third-order valence-corrected chi connectivity index (χ3v) is 6.88. The summed E-state index contributed by atoms with van der Waals surface area (Å²) >= 11 is 0. The lowest BCUT2D eigenvalue weighted by atomic mass is 10.1. The van der Waals surface area contributed by atoms with Gasteiger partial charge in [0.05, 0.1) is 18.6 Å². The van der Waals surface area contributed by atoms with E-state index in [2.05, 4.69) is 61.3 Å². The molecule has 39 heavy (non-hydrogen) atoms. The van der Waals surface area contributed by atoms with Crippen molar-refractivity contribution in [3.8, 4) is 28.6 Å². The Hall–Kier alpha value is -4.41. The Kier molecular flexibility index (Phi) is 7.11. The molecule has 1 aliphatic heterocycles. The molecular weight excluding hydrogens is 494 g/mol. The molecule has 6 rings (SSSR count). The maximum atomic E-state index is 6.20. The smallest absolute Gasteiger partial charge is 0.223 e. The van der Waals surface area contributed by atoms with Crippen molar-refractivity contribution in [1.82, 2.24) is 24.5 Å². The number of anilines is 2. The Labute approximate surface area is 226 Å². The topological polar surface area (TPSA) is 107 Å². The number of benzene rings is 2. The van der Waals surface area contributed by atoms with Crippen LogP contribution in [0.1, 0.15) is 5.56 Å². The number of piperazine rings is 1. The molecule has 1 fully saturated rings. The Bertz CT molecular complexity index is 1510. The Balaban J connectivity index is 1.06. The first-order chi connectivity index (χ1) is 19.2. The van der Waals surface area contributed by atoms with E-state index in [1.807, 2.05) is 24.3 Å². The van der Waals surface area contributed by atoms with E-state index in [0.29, 0.717) is 30.4 Å². The molecule has 5 aromatic rings. The number of ether oxygens (including phenoxy) is 2. The number of fused-ring (bicyclic) bond motifs is 1. The maximum Gasteiger partial charge on any atom is 0.223 e. The third-order valence-electron chi connectivity index (χ3n) is 6.88. The highest BCUT2D eigenvalue weighted by atomic mass is 16.5. The van der Waals surface area contributed by atoms with Crippen LogP contribution in [0.15, 0.2) is 77.4 Å². The summed E-state index contributed by atoms with van der Waals surface area (Å²) in [5, 5.41) is 4.42. The number of hydrogen-bond acceptors (Lipinski definition) is 9. The van der Waals surface area contributed by atoms with E-state index >= 15 is 0 Å². The molecule has 200 valence electrons. The van der Waals surface area contributed by atoms with Crippen LogP contribution in [0.25, 0.3) is 28.5 Å². The largest absolute Gasteiger partial charge is 0.491 e. The lowest BCUT2D eigenvalue weighted by Crippen LogP contribution is -2.45. The summed E-state index contributed by atoms with van der Waals surface area (Å²) in [4.78, 5) is 14.0. The number of nitrogen functional groups attached to an aromatic ring is 1. The van der Waals surface area contributed by atoms with Crippen molar-refractivity contribution in [2.75, 3.05) is 57.1 Å². The number of hydrogen-bond donors (Lipinski definition) is 1. The van der Waals surface area contributed by atoms with Gasteiger partial charge in [0, 0.05) is 57.2 Å². The highest BCUT2D eigenvalue weighted by molar-refractivity contribution is 5.67. The van der Waals surface area contributed by atoms with Crippen LogP contribution in [0.4, 0.5) is 11.6 Å². The minimum atomic E-state index is 0.281. The van der Waals surface area contributed by atoms with Crippen molar-refractivity contribution in [3.05, 3.63) is 78.6 Å². The van der Waals surface area contributed by atoms with Crippen LogP contribution in [0.2, 0.25) is 0 Å². The highest BCUT2D eigenvalue weighted by Crippen LogP contribution is 2.25. The zero-order valence-corrected chi connectivity index (χ0v) is 21.9.